The van der Waals surface area contributed by atoms with Crippen LogP contribution in [0, 0.1) is 5.92 Å². The van der Waals surface area contributed by atoms with E-state index in [-0.39, 0.29) is 18.6 Å². The zero-order valence-electron chi connectivity index (χ0n) is 9.21. The highest BCUT2D eigenvalue weighted by molar-refractivity contribution is 5.80. The molecule has 1 unspecified atom stereocenters. The maximum absolute atomic E-state index is 11.3. The predicted molar refractivity (Wildman–Crippen MR) is 55.4 cm³/mol. The van der Waals surface area contributed by atoms with Crippen LogP contribution in [-0.2, 0) is 9.53 Å². The molecule has 0 spiro atoms. The Bertz CT molecular complexity index is 239. The summed E-state index contributed by atoms with van der Waals surface area (Å²) in [5, 5.41) is 5.24. The van der Waals surface area contributed by atoms with Gasteiger partial charge in [0, 0.05) is 6.04 Å². The lowest BCUT2D eigenvalue weighted by molar-refractivity contribution is -0.141. The first-order chi connectivity index (χ1) is 7.13. The molecule has 86 valence electrons. The third kappa shape index (κ3) is 4.67. The number of amides is 2. The minimum absolute atomic E-state index is 0.0724. The highest BCUT2D eigenvalue weighted by Crippen LogP contribution is 2.32. The van der Waals surface area contributed by atoms with Gasteiger partial charge >= 0.3 is 12.0 Å². The van der Waals surface area contributed by atoms with E-state index in [0.717, 1.165) is 0 Å². The summed E-state index contributed by atoms with van der Waals surface area (Å²) in [6.07, 6.45) is 2.36. The van der Waals surface area contributed by atoms with Crippen molar-refractivity contribution in [2.75, 3.05) is 13.2 Å². The molecule has 2 amide bonds. The van der Waals surface area contributed by atoms with E-state index in [0.29, 0.717) is 12.5 Å². The maximum atomic E-state index is 11.3. The molecule has 5 heteroatoms. The first-order valence-electron chi connectivity index (χ1n) is 5.33. The van der Waals surface area contributed by atoms with Crippen molar-refractivity contribution in [3.63, 3.8) is 0 Å². The Labute approximate surface area is 89.6 Å². The molecule has 0 aromatic carbocycles. The van der Waals surface area contributed by atoms with Gasteiger partial charge in [0.25, 0.3) is 0 Å². The van der Waals surface area contributed by atoms with Crippen molar-refractivity contribution in [1.82, 2.24) is 10.6 Å². The minimum Gasteiger partial charge on any atom is -0.465 e. The Kier molecular flexibility index (Phi) is 4.39. The number of carbonyl (C=O) groups is 2. The molecule has 1 aliphatic carbocycles. The molecule has 1 saturated carbocycles. The summed E-state index contributed by atoms with van der Waals surface area (Å²) >= 11 is 0. The molecule has 0 aromatic heterocycles. The Morgan fingerprint density at radius 3 is 2.67 bits per heavy atom. The zero-order valence-corrected chi connectivity index (χ0v) is 9.21. The molecule has 5 nitrogen and oxygen atoms in total. The molecule has 0 heterocycles. The number of esters is 1. The fourth-order valence-corrected chi connectivity index (χ4v) is 1.34. The van der Waals surface area contributed by atoms with Crippen LogP contribution in [-0.4, -0.2) is 31.2 Å². The summed E-state index contributed by atoms with van der Waals surface area (Å²) in [6.45, 7) is 3.96. The van der Waals surface area contributed by atoms with Gasteiger partial charge < -0.3 is 15.4 Å². The summed E-state index contributed by atoms with van der Waals surface area (Å²) in [5.41, 5.74) is 0. The first kappa shape index (κ1) is 11.8. The summed E-state index contributed by atoms with van der Waals surface area (Å²) in [4.78, 5) is 22.2. The number of hydrogen-bond donors (Lipinski definition) is 2. The molecular weight excluding hydrogens is 196 g/mol. The summed E-state index contributed by atoms with van der Waals surface area (Å²) in [6, 6.07) is -0.116. The predicted octanol–water partition coefficient (Wildman–Crippen LogP) is 0.647. The van der Waals surface area contributed by atoms with Crippen molar-refractivity contribution >= 4 is 12.0 Å². The molecule has 1 aliphatic rings. The van der Waals surface area contributed by atoms with Crippen LogP contribution in [0.15, 0.2) is 0 Å². The van der Waals surface area contributed by atoms with Gasteiger partial charge in [0.1, 0.15) is 6.54 Å². The normalized spacial score (nSPS) is 16.7. The van der Waals surface area contributed by atoms with Crippen LogP contribution in [0.5, 0.6) is 0 Å². The zero-order chi connectivity index (χ0) is 11.3. The van der Waals surface area contributed by atoms with Gasteiger partial charge in [-0.15, -0.1) is 0 Å². The van der Waals surface area contributed by atoms with Crippen molar-refractivity contribution < 1.29 is 14.3 Å². The van der Waals surface area contributed by atoms with Crippen molar-refractivity contribution in [2.24, 2.45) is 5.92 Å². The first-order valence-corrected chi connectivity index (χ1v) is 5.33. The summed E-state index contributed by atoms with van der Waals surface area (Å²) < 4.78 is 4.68. The summed E-state index contributed by atoms with van der Waals surface area (Å²) in [5.74, 6) is 0.199. The standard InChI is InChI=1S/C10H18N2O3/c1-3-15-9(13)6-11-10(14)12-7(2)8-4-5-8/h7-8H,3-6H2,1-2H3,(H2,11,12,14). The molecule has 1 atom stereocenters. The van der Waals surface area contributed by atoms with Crippen LogP contribution in [0.1, 0.15) is 26.7 Å². The molecule has 1 fully saturated rings. The molecule has 0 aliphatic heterocycles. The SMILES string of the molecule is CCOC(=O)CNC(=O)NC(C)C1CC1. The molecular formula is C10H18N2O3. The highest BCUT2D eigenvalue weighted by Gasteiger charge is 2.28. The van der Waals surface area contributed by atoms with E-state index in [9.17, 15) is 9.59 Å². The van der Waals surface area contributed by atoms with E-state index in [4.69, 9.17) is 0 Å². The second-order valence-electron chi connectivity index (χ2n) is 3.76. The molecule has 2 N–H and O–H groups in total. The number of hydrogen-bond acceptors (Lipinski definition) is 3. The van der Waals surface area contributed by atoms with E-state index in [2.05, 4.69) is 15.4 Å². The van der Waals surface area contributed by atoms with Crippen LogP contribution in [0.4, 0.5) is 4.79 Å². The van der Waals surface area contributed by atoms with E-state index >= 15 is 0 Å². The lowest BCUT2D eigenvalue weighted by atomic mass is 10.2. The Hall–Kier alpha value is -1.26. The van der Waals surface area contributed by atoms with Crippen LogP contribution in [0.25, 0.3) is 0 Å². The average molecular weight is 214 g/mol. The Balaban J connectivity index is 2.09. The molecule has 1 rings (SSSR count). The average Bonchev–Trinajstić information content (AvgIpc) is 2.98. The largest absolute Gasteiger partial charge is 0.465 e. The molecule has 0 bridgehead atoms. The third-order valence-corrected chi connectivity index (χ3v) is 2.39. The number of urea groups is 1. The molecule has 0 radical (unpaired) electrons. The fourth-order valence-electron chi connectivity index (χ4n) is 1.34. The lowest BCUT2D eigenvalue weighted by Crippen LogP contribution is -2.43. The van der Waals surface area contributed by atoms with Gasteiger partial charge in [-0.1, -0.05) is 0 Å². The van der Waals surface area contributed by atoms with Gasteiger partial charge in [0.05, 0.1) is 6.61 Å². The van der Waals surface area contributed by atoms with Gasteiger partial charge in [0.2, 0.25) is 0 Å². The minimum atomic E-state index is -0.410. The topological polar surface area (TPSA) is 67.4 Å². The van der Waals surface area contributed by atoms with Crippen LogP contribution in [0.3, 0.4) is 0 Å². The van der Waals surface area contributed by atoms with Gasteiger partial charge in [-0.2, -0.15) is 0 Å². The van der Waals surface area contributed by atoms with Crippen molar-refractivity contribution in [2.45, 2.75) is 32.7 Å². The second-order valence-corrected chi connectivity index (χ2v) is 3.76. The van der Waals surface area contributed by atoms with Crippen molar-refractivity contribution in [3.05, 3.63) is 0 Å². The van der Waals surface area contributed by atoms with E-state index in [1.54, 1.807) is 6.92 Å². The summed E-state index contributed by atoms with van der Waals surface area (Å²) in [7, 11) is 0. The highest BCUT2D eigenvalue weighted by atomic mass is 16.5. The lowest BCUT2D eigenvalue weighted by Gasteiger charge is -2.13. The van der Waals surface area contributed by atoms with E-state index in [1.807, 2.05) is 6.92 Å². The Morgan fingerprint density at radius 1 is 1.47 bits per heavy atom. The number of carbonyl (C=O) groups excluding carboxylic acids is 2. The van der Waals surface area contributed by atoms with Gasteiger partial charge in [-0.25, -0.2) is 4.79 Å². The van der Waals surface area contributed by atoms with E-state index < -0.39 is 5.97 Å². The fraction of sp³-hybridized carbons (Fsp3) is 0.800. The monoisotopic (exact) mass is 214 g/mol. The maximum Gasteiger partial charge on any atom is 0.325 e. The quantitative estimate of drug-likeness (QED) is 0.660. The Morgan fingerprint density at radius 2 is 2.13 bits per heavy atom. The van der Waals surface area contributed by atoms with Gasteiger partial charge in [-0.05, 0) is 32.6 Å². The smallest absolute Gasteiger partial charge is 0.325 e. The van der Waals surface area contributed by atoms with Crippen LogP contribution >= 0.6 is 0 Å². The molecule has 0 aromatic rings. The van der Waals surface area contributed by atoms with Crippen LogP contribution < -0.4 is 10.6 Å². The number of nitrogens with one attached hydrogen (secondary N) is 2. The van der Waals surface area contributed by atoms with Crippen molar-refractivity contribution in [1.29, 1.82) is 0 Å². The van der Waals surface area contributed by atoms with Gasteiger partial charge in [0.15, 0.2) is 0 Å². The molecule has 15 heavy (non-hydrogen) atoms. The van der Waals surface area contributed by atoms with E-state index in [1.165, 1.54) is 12.8 Å². The van der Waals surface area contributed by atoms with Crippen LogP contribution in [0.2, 0.25) is 0 Å². The molecule has 0 saturated heterocycles. The second kappa shape index (κ2) is 5.58. The van der Waals surface area contributed by atoms with Gasteiger partial charge in [-0.3, -0.25) is 4.79 Å². The third-order valence-electron chi connectivity index (χ3n) is 2.39. The van der Waals surface area contributed by atoms with Crippen molar-refractivity contribution in [3.8, 4) is 0 Å². The number of ether oxygens (including phenoxy) is 1. The number of rotatable bonds is 5.